The van der Waals surface area contributed by atoms with Crippen molar-refractivity contribution < 1.29 is 18.7 Å². The Balaban J connectivity index is 2.92. The number of aliphatic hydroxyl groups excluding tert-OH is 1. The zero-order chi connectivity index (χ0) is 12.3. The molecule has 1 aromatic carbocycles. The molecule has 88 valence electrons. The molecule has 1 atom stereocenters. The van der Waals surface area contributed by atoms with E-state index in [-0.39, 0.29) is 12.1 Å². The molecule has 1 rings (SSSR count). The number of rotatable bonds is 3. The van der Waals surface area contributed by atoms with Gasteiger partial charge in [0.25, 0.3) is 5.91 Å². The normalized spacial score (nSPS) is 12.3. The number of amides is 1. The average Bonchev–Trinajstić information content (AvgIpc) is 2.20. The second-order valence-electron chi connectivity index (χ2n) is 3.64. The number of carbonyl (C=O) groups is 1. The van der Waals surface area contributed by atoms with Crippen LogP contribution in [0.25, 0.3) is 0 Å². The predicted octanol–water partition coefficient (Wildman–Crippen LogP) is 1.42. The molecule has 0 radical (unpaired) electrons. The van der Waals surface area contributed by atoms with Crippen LogP contribution in [0.15, 0.2) is 18.2 Å². The molecule has 0 aliphatic carbocycles. The van der Waals surface area contributed by atoms with Gasteiger partial charge in [0, 0.05) is 13.6 Å². The molecule has 1 amide bonds. The van der Waals surface area contributed by atoms with Crippen molar-refractivity contribution in [1.82, 2.24) is 4.90 Å². The first-order valence-electron chi connectivity index (χ1n) is 4.81. The van der Waals surface area contributed by atoms with Gasteiger partial charge in [-0.05, 0) is 19.1 Å². The Morgan fingerprint density at radius 2 is 2.12 bits per heavy atom. The minimum Gasteiger partial charge on any atom is -0.392 e. The van der Waals surface area contributed by atoms with E-state index in [9.17, 15) is 13.6 Å². The fraction of sp³-hybridized carbons (Fsp3) is 0.364. The summed E-state index contributed by atoms with van der Waals surface area (Å²) in [7, 11) is 1.42. The number of carbonyl (C=O) groups excluding carboxylic acids is 1. The van der Waals surface area contributed by atoms with Crippen molar-refractivity contribution in [1.29, 1.82) is 0 Å². The molecule has 0 aliphatic heterocycles. The third-order valence-electron chi connectivity index (χ3n) is 2.07. The lowest BCUT2D eigenvalue weighted by Crippen LogP contribution is -2.33. The van der Waals surface area contributed by atoms with Gasteiger partial charge in [-0.1, -0.05) is 6.07 Å². The molecule has 5 heteroatoms. The monoisotopic (exact) mass is 229 g/mol. The van der Waals surface area contributed by atoms with Crippen LogP contribution >= 0.6 is 0 Å². The SMILES string of the molecule is CC(O)CN(C)C(=O)c1cccc(F)c1F. The largest absolute Gasteiger partial charge is 0.392 e. The fourth-order valence-corrected chi connectivity index (χ4v) is 1.35. The van der Waals surface area contributed by atoms with Crippen molar-refractivity contribution in [2.75, 3.05) is 13.6 Å². The quantitative estimate of drug-likeness (QED) is 0.851. The molecule has 16 heavy (non-hydrogen) atoms. The zero-order valence-electron chi connectivity index (χ0n) is 9.08. The summed E-state index contributed by atoms with van der Waals surface area (Å²) in [5, 5.41) is 9.08. The van der Waals surface area contributed by atoms with Gasteiger partial charge < -0.3 is 10.0 Å². The maximum Gasteiger partial charge on any atom is 0.256 e. The van der Waals surface area contributed by atoms with Crippen LogP contribution in [0.4, 0.5) is 8.78 Å². The Kier molecular flexibility index (Phi) is 3.95. The highest BCUT2D eigenvalue weighted by Crippen LogP contribution is 2.13. The molecule has 0 spiro atoms. The number of hydrogen-bond donors (Lipinski definition) is 1. The van der Waals surface area contributed by atoms with Crippen LogP contribution in [-0.4, -0.2) is 35.6 Å². The van der Waals surface area contributed by atoms with Gasteiger partial charge in [-0.15, -0.1) is 0 Å². The van der Waals surface area contributed by atoms with E-state index < -0.39 is 23.6 Å². The van der Waals surface area contributed by atoms with E-state index in [1.807, 2.05) is 0 Å². The van der Waals surface area contributed by atoms with Crippen molar-refractivity contribution >= 4 is 5.91 Å². The second-order valence-corrected chi connectivity index (χ2v) is 3.64. The summed E-state index contributed by atoms with van der Waals surface area (Å²) < 4.78 is 26.1. The third-order valence-corrected chi connectivity index (χ3v) is 2.07. The molecule has 0 bridgehead atoms. The van der Waals surface area contributed by atoms with Crippen LogP contribution < -0.4 is 0 Å². The summed E-state index contributed by atoms with van der Waals surface area (Å²) in [6.07, 6.45) is -0.717. The Morgan fingerprint density at radius 3 is 2.69 bits per heavy atom. The van der Waals surface area contributed by atoms with Gasteiger partial charge in [0.15, 0.2) is 11.6 Å². The molecule has 0 saturated heterocycles. The number of halogens is 2. The zero-order valence-corrected chi connectivity index (χ0v) is 9.08. The molecule has 0 aromatic heterocycles. The van der Waals surface area contributed by atoms with Gasteiger partial charge >= 0.3 is 0 Å². The van der Waals surface area contributed by atoms with Crippen LogP contribution in [0.3, 0.4) is 0 Å². The fourth-order valence-electron chi connectivity index (χ4n) is 1.35. The average molecular weight is 229 g/mol. The van der Waals surface area contributed by atoms with E-state index in [2.05, 4.69) is 0 Å². The van der Waals surface area contributed by atoms with E-state index in [0.29, 0.717) is 0 Å². The van der Waals surface area contributed by atoms with E-state index in [1.54, 1.807) is 0 Å². The molecule has 0 heterocycles. The molecule has 1 aromatic rings. The van der Waals surface area contributed by atoms with E-state index >= 15 is 0 Å². The van der Waals surface area contributed by atoms with Gasteiger partial charge in [-0.3, -0.25) is 4.79 Å². The lowest BCUT2D eigenvalue weighted by molar-refractivity contribution is 0.0698. The maximum absolute atomic E-state index is 13.3. The molecule has 0 fully saturated rings. The maximum atomic E-state index is 13.3. The third kappa shape index (κ3) is 2.76. The smallest absolute Gasteiger partial charge is 0.256 e. The molecule has 1 unspecified atom stereocenters. The van der Waals surface area contributed by atoms with E-state index in [1.165, 1.54) is 26.1 Å². The van der Waals surface area contributed by atoms with Crippen LogP contribution in [0.2, 0.25) is 0 Å². The summed E-state index contributed by atoms with van der Waals surface area (Å²) in [5.41, 5.74) is -0.330. The molecule has 1 N–H and O–H groups in total. The van der Waals surface area contributed by atoms with E-state index in [0.717, 1.165) is 11.0 Å². The summed E-state index contributed by atoms with van der Waals surface area (Å²) in [5.74, 6) is -2.88. The standard InChI is InChI=1S/C11H13F2NO2/c1-7(15)6-14(2)11(16)8-4-3-5-9(12)10(8)13/h3-5,7,15H,6H2,1-2H3. The van der Waals surface area contributed by atoms with Crippen molar-refractivity contribution in [2.24, 2.45) is 0 Å². The van der Waals surface area contributed by atoms with Crippen LogP contribution in [0.1, 0.15) is 17.3 Å². The highest BCUT2D eigenvalue weighted by Gasteiger charge is 2.19. The first-order chi connectivity index (χ1) is 7.43. The molecular formula is C11H13F2NO2. The van der Waals surface area contributed by atoms with Gasteiger partial charge in [-0.2, -0.15) is 0 Å². The van der Waals surface area contributed by atoms with E-state index in [4.69, 9.17) is 5.11 Å². The number of hydrogen-bond acceptors (Lipinski definition) is 2. The number of benzene rings is 1. The van der Waals surface area contributed by atoms with Crippen LogP contribution in [0.5, 0.6) is 0 Å². The highest BCUT2D eigenvalue weighted by molar-refractivity contribution is 5.94. The molecular weight excluding hydrogens is 216 g/mol. The van der Waals surface area contributed by atoms with Gasteiger partial charge in [0.1, 0.15) is 0 Å². The minimum atomic E-state index is -1.16. The topological polar surface area (TPSA) is 40.5 Å². The minimum absolute atomic E-state index is 0.0643. The highest BCUT2D eigenvalue weighted by atomic mass is 19.2. The van der Waals surface area contributed by atoms with Crippen molar-refractivity contribution in [3.8, 4) is 0 Å². The molecule has 3 nitrogen and oxygen atoms in total. The van der Waals surface area contributed by atoms with Crippen LogP contribution in [-0.2, 0) is 0 Å². The number of likely N-dealkylation sites (N-methyl/N-ethyl adjacent to an activating group) is 1. The number of nitrogens with zero attached hydrogens (tertiary/aromatic N) is 1. The van der Waals surface area contributed by atoms with Crippen molar-refractivity contribution in [3.63, 3.8) is 0 Å². The predicted molar refractivity (Wildman–Crippen MR) is 55.0 cm³/mol. The lowest BCUT2D eigenvalue weighted by Gasteiger charge is -2.19. The number of aliphatic hydroxyl groups is 1. The Bertz CT molecular complexity index is 394. The van der Waals surface area contributed by atoms with Gasteiger partial charge in [0.2, 0.25) is 0 Å². The first-order valence-corrected chi connectivity index (χ1v) is 4.81. The van der Waals surface area contributed by atoms with Gasteiger partial charge in [0.05, 0.1) is 11.7 Å². The molecule has 0 aliphatic rings. The first kappa shape index (κ1) is 12.6. The van der Waals surface area contributed by atoms with Crippen molar-refractivity contribution in [3.05, 3.63) is 35.4 Å². The van der Waals surface area contributed by atoms with Gasteiger partial charge in [-0.25, -0.2) is 8.78 Å². The summed E-state index contributed by atoms with van der Waals surface area (Å²) in [6.45, 7) is 1.57. The Labute approximate surface area is 92.3 Å². The Morgan fingerprint density at radius 1 is 1.50 bits per heavy atom. The summed E-state index contributed by atoms with van der Waals surface area (Å²) in [4.78, 5) is 12.8. The molecule has 0 saturated carbocycles. The summed E-state index contributed by atoms with van der Waals surface area (Å²) >= 11 is 0. The lowest BCUT2D eigenvalue weighted by atomic mass is 10.1. The Hall–Kier alpha value is -1.49. The van der Waals surface area contributed by atoms with Crippen molar-refractivity contribution in [2.45, 2.75) is 13.0 Å². The second kappa shape index (κ2) is 5.03. The summed E-state index contributed by atoms with van der Waals surface area (Å²) in [6, 6.07) is 3.42. The van der Waals surface area contributed by atoms with Crippen LogP contribution in [0, 0.1) is 11.6 Å².